The Morgan fingerprint density at radius 3 is 2.73 bits per heavy atom. The molecular formula is C7H7N3O. The van der Waals surface area contributed by atoms with Crippen LogP contribution in [0.4, 0.5) is 0 Å². The quantitative estimate of drug-likeness (QED) is 0.546. The summed E-state index contributed by atoms with van der Waals surface area (Å²) >= 11 is 0. The molecule has 0 bridgehead atoms. The number of aromatic nitrogens is 2. The molecule has 0 unspecified atom stereocenters. The number of nitrogens with zero attached hydrogens (tertiary/aromatic N) is 3. The third kappa shape index (κ3) is 1.27. The standard InChI is InChI=1S/C7H7N3O/c1-5-3-7(4-8)9-10(5)6(2)11/h3H,1-2H3. The van der Waals surface area contributed by atoms with Gasteiger partial charge >= 0.3 is 0 Å². The monoisotopic (exact) mass is 149 g/mol. The highest BCUT2D eigenvalue weighted by molar-refractivity contribution is 5.76. The first-order chi connectivity index (χ1) is 5.15. The van der Waals surface area contributed by atoms with Gasteiger partial charge in [0.25, 0.3) is 0 Å². The molecule has 0 fully saturated rings. The van der Waals surface area contributed by atoms with Gasteiger partial charge in [0.2, 0.25) is 5.91 Å². The number of hydrogen-bond donors (Lipinski definition) is 0. The van der Waals surface area contributed by atoms with Crippen molar-refractivity contribution in [2.75, 3.05) is 0 Å². The number of carbonyl (C=O) groups is 1. The van der Waals surface area contributed by atoms with Gasteiger partial charge in [0, 0.05) is 12.6 Å². The molecule has 4 heteroatoms. The van der Waals surface area contributed by atoms with Gasteiger partial charge in [-0.15, -0.1) is 0 Å². The van der Waals surface area contributed by atoms with E-state index in [1.54, 1.807) is 13.0 Å². The summed E-state index contributed by atoms with van der Waals surface area (Å²) in [6.45, 7) is 3.14. The minimum atomic E-state index is -0.177. The first-order valence-corrected chi connectivity index (χ1v) is 3.13. The first kappa shape index (κ1) is 7.48. The van der Waals surface area contributed by atoms with Crippen molar-refractivity contribution >= 4 is 5.91 Å². The third-order valence-corrected chi connectivity index (χ3v) is 1.30. The Bertz CT molecular complexity index is 332. The lowest BCUT2D eigenvalue weighted by atomic mass is 10.4. The van der Waals surface area contributed by atoms with Gasteiger partial charge in [0.15, 0.2) is 5.69 Å². The molecular weight excluding hydrogens is 142 g/mol. The smallest absolute Gasteiger partial charge is 0.243 e. The number of rotatable bonds is 0. The van der Waals surface area contributed by atoms with Crippen molar-refractivity contribution in [2.45, 2.75) is 13.8 Å². The molecule has 1 aromatic rings. The van der Waals surface area contributed by atoms with E-state index in [9.17, 15) is 4.79 Å². The summed E-state index contributed by atoms with van der Waals surface area (Å²) in [5.74, 6) is -0.177. The maximum Gasteiger partial charge on any atom is 0.243 e. The molecule has 1 aromatic heterocycles. The Balaban J connectivity index is 3.20. The van der Waals surface area contributed by atoms with Crippen LogP contribution in [0.25, 0.3) is 0 Å². The van der Waals surface area contributed by atoms with E-state index in [-0.39, 0.29) is 11.6 Å². The highest BCUT2D eigenvalue weighted by atomic mass is 16.2. The van der Waals surface area contributed by atoms with Crippen LogP contribution in [0.3, 0.4) is 0 Å². The molecule has 0 spiro atoms. The van der Waals surface area contributed by atoms with E-state index in [1.165, 1.54) is 11.6 Å². The van der Waals surface area contributed by atoms with Gasteiger partial charge in [0.1, 0.15) is 6.07 Å². The van der Waals surface area contributed by atoms with E-state index >= 15 is 0 Å². The summed E-state index contributed by atoms with van der Waals surface area (Å²) in [6, 6.07) is 3.43. The van der Waals surface area contributed by atoms with Crippen LogP contribution in [-0.4, -0.2) is 15.7 Å². The molecule has 0 aliphatic carbocycles. The minimum Gasteiger partial charge on any atom is -0.273 e. The lowest BCUT2D eigenvalue weighted by Gasteiger charge is -1.93. The highest BCUT2D eigenvalue weighted by Gasteiger charge is 2.05. The Kier molecular flexibility index (Phi) is 1.73. The van der Waals surface area contributed by atoms with E-state index in [4.69, 9.17) is 5.26 Å². The van der Waals surface area contributed by atoms with Crippen LogP contribution in [0.5, 0.6) is 0 Å². The van der Waals surface area contributed by atoms with E-state index in [0.717, 1.165) is 0 Å². The van der Waals surface area contributed by atoms with Gasteiger partial charge < -0.3 is 0 Å². The van der Waals surface area contributed by atoms with Crippen molar-refractivity contribution < 1.29 is 4.79 Å². The zero-order valence-electron chi connectivity index (χ0n) is 6.33. The van der Waals surface area contributed by atoms with Crippen molar-refractivity contribution in [3.05, 3.63) is 17.5 Å². The summed E-state index contributed by atoms with van der Waals surface area (Å²) in [7, 11) is 0. The maximum atomic E-state index is 10.8. The van der Waals surface area contributed by atoms with E-state index < -0.39 is 0 Å². The van der Waals surface area contributed by atoms with Crippen LogP contribution in [0, 0.1) is 18.3 Å². The number of hydrogen-bond acceptors (Lipinski definition) is 3. The van der Waals surface area contributed by atoms with E-state index in [0.29, 0.717) is 5.69 Å². The Labute approximate surface area is 64.1 Å². The molecule has 0 atom stereocenters. The zero-order chi connectivity index (χ0) is 8.43. The Morgan fingerprint density at radius 1 is 1.82 bits per heavy atom. The molecule has 0 radical (unpaired) electrons. The molecule has 0 N–H and O–H groups in total. The summed E-state index contributed by atoms with van der Waals surface area (Å²) in [6.07, 6.45) is 0. The van der Waals surface area contributed by atoms with Crippen LogP contribution < -0.4 is 0 Å². The molecule has 0 aromatic carbocycles. The van der Waals surface area contributed by atoms with Crippen LogP contribution in [0.15, 0.2) is 6.07 Å². The van der Waals surface area contributed by atoms with Gasteiger partial charge in [-0.05, 0) is 13.0 Å². The molecule has 1 rings (SSSR count). The maximum absolute atomic E-state index is 10.8. The highest BCUT2D eigenvalue weighted by Crippen LogP contribution is 2.00. The lowest BCUT2D eigenvalue weighted by molar-refractivity contribution is 0.0918. The van der Waals surface area contributed by atoms with Crippen LogP contribution in [0.2, 0.25) is 0 Å². The van der Waals surface area contributed by atoms with Crippen molar-refractivity contribution in [1.29, 1.82) is 5.26 Å². The fraction of sp³-hybridized carbons (Fsp3) is 0.286. The average molecular weight is 149 g/mol. The summed E-state index contributed by atoms with van der Waals surface area (Å²) in [5, 5.41) is 12.2. The fourth-order valence-electron chi connectivity index (χ4n) is 0.848. The zero-order valence-corrected chi connectivity index (χ0v) is 6.33. The number of aryl methyl sites for hydroxylation is 1. The molecule has 0 aliphatic heterocycles. The second-order valence-corrected chi connectivity index (χ2v) is 2.21. The number of carbonyl (C=O) groups excluding carboxylic acids is 1. The van der Waals surface area contributed by atoms with Gasteiger partial charge in [-0.2, -0.15) is 10.4 Å². The fourth-order valence-corrected chi connectivity index (χ4v) is 0.848. The van der Waals surface area contributed by atoms with Crippen molar-refractivity contribution in [3.63, 3.8) is 0 Å². The molecule has 0 amide bonds. The van der Waals surface area contributed by atoms with Crippen molar-refractivity contribution in [1.82, 2.24) is 9.78 Å². The van der Waals surface area contributed by atoms with Crippen LogP contribution in [0.1, 0.15) is 23.1 Å². The van der Waals surface area contributed by atoms with Gasteiger partial charge in [-0.3, -0.25) is 4.79 Å². The van der Waals surface area contributed by atoms with E-state index in [2.05, 4.69) is 5.10 Å². The first-order valence-electron chi connectivity index (χ1n) is 3.13. The second kappa shape index (κ2) is 2.54. The molecule has 0 aliphatic rings. The van der Waals surface area contributed by atoms with Gasteiger partial charge in [-0.25, -0.2) is 4.68 Å². The molecule has 0 saturated heterocycles. The molecule has 11 heavy (non-hydrogen) atoms. The second-order valence-electron chi connectivity index (χ2n) is 2.21. The summed E-state index contributed by atoms with van der Waals surface area (Å²) in [4.78, 5) is 10.8. The summed E-state index contributed by atoms with van der Waals surface area (Å²) in [5.41, 5.74) is 0.965. The predicted octanol–water partition coefficient (Wildman–Crippen LogP) is 0.723. The molecule has 4 nitrogen and oxygen atoms in total. The Hall–Kier alpha value is -1.63. The SMILES string of the molecule is CC(=O)n1nc(C#N)cc1C. The average Bonchev–Trinajstić information content (AvgIpc) is 2.30. The number of nitriles is 1. The normalized spacial score (nSPS) is 9.18. The Morgan fingerprint density at radius 2 is 2.45 bits per heavy atom. The largest absolute Gasteiger partial charge is 0.273 e. The molecule has 0 saturated carbocycles. The summed E-state index contributed by atoms with van der Waals surface area (Å²) < 4.78 is 1.21. The molecule has 56 valence electrons. The van der Waals surface area contributed by atoms with E-state index in [1.807, 2.05) is 6.07 Å². The van der Waals surface area contributed by atoms with Crippen LogP contribution >= 0.6 is 0 Å². The third-order valence-electron chi connectivity index (χ3n) is 1.30. The van der Waals surface area contributed by atoms with Crippen molar-refractivity contribution in [3.8, 4) is 6.07 Å². The van der Waals surface area contributed by atoms with Crippen LogP contribution in [-0.2, 0) is 0 Å². The predicted molar refractivity (Wildman–Crippen MR) is 38.0 cm³/mol. The van der Waals surface area contributed by atoms with Gasteiger partial charge in [-0.1, -0.05) is 0 Å². The van der Waals surface area contributed by atoms with Gasteiger partial charge in [0.05, 0.1) is 0 Å². The molecule has 1 heterocycles. The topological polar surface area (TPSA) is 58.7 Å². The lowest BCUT2D eigenvalue weighted by Crippen LogP contribution is -2.09. The van der Waals surface area contributed by atoms with Crippen molar-refractivity contribution in [2.24, 2.45) is 0 Å². The minimum absolute atomic E-state index is 0.177.